The van der Waals surface area contributed by atoms with E-state index >= 15 is 0 Å². The Morgan fingerprint density at radius 2 is 0.661 bits per heavy atom. The minimum atomic E-state index is -0.201. The third kappa shape index (κ3) is 10.7. The second-order valence-electron chi connectivity index (χ2n) is 15.8. The lowest BCUT2D eigenvalue weighted by Gasteiger charge is -2.23. The maximum Gasteiger partial charge on any atom is 0.255 e. The van der Waals surface area contributed by atoms with Crippen molar-refractivity contribution in [2.24, 2.45) is 0 Å². The minimum absolute atomic E-state index is 0.201. The molecule has 1 aliphatic rings. The minimum Gasteiger partial charge on any atom is -0.493 e. The summed E-state index contributed by atoms with van der Waals surface area (Å²) in [6.45, 7) is 10.5. The molecule has 0 radical (unpaired) electrons. The van der Waals surface area contributed by atoms with Crippen molar-refractivity contribution < 1.29 is 28.5 Å². The number of rotatable bonds is 16. The molecule has 320 valence electrons. The highest BCUT2D eigenvalue weighted by Gasteiger charge is 2.25. The van der Waals surface area contributed by atoms with Crippen molar-refractivity contribution in [1.29, 1.82) is 0 Å². The highest BCUT2D eigenvalue weighted by atomic mass is 16.5. The SMILES string of the molecule is CCCOc1c2cccc1Cc1cc(C(=O)Nc3ccccc3)cc(c1OCCC)Cc1cccc(c1OCCC)Cc1cc(C(=O)Nc3ccccc3)cc(c1OCCC)C2. The van der Waals surface area contributed by atoms with E-state index in [2.05, 4.69) is 74.7 Å². The number of para-hydroxylation sites is 4. The van der Waals surface area contributed by atoms with Crippen LogP contribution in [0.2, 0.25) is 0 Å². The first-order valence-corrected chi connectivity index (χ1v) is 22.2. The molecule has 8 bridgehead atoms. The van der Waals surface area contributed by atoms with E-state index in [0.717, 1.165) is 105 Å². The van der Waals surface area contributed by atoms with Gasteiger partial charge in [0.25, 0.3) is 11.8 Å². The van der Waals surface area contributed by atoms with Crippen molar-refractivity contribution in [2.75, 3.05) is 37.1 Å². The van der Waals surface area contributed by atoms with E-state index < -0.39 is 0 Å². The number of nitrogens with one attached hydrogen (secondary N) is 2. The Morgan fingerprint density at radius 1 is 0.387 bits per heavy atom. The second kappa shape index (κ2) is 21.3. The zero-order valence-corrected chi connectivity index (χ0v) is 36.5. The molecule has 0 unspecified atom stereocenters. The number of anilines is 2. The van der Waals surface area contributed by atoms with Gasteiger partial charge in [0.05, 0.1) is 26.4 Å². The molecule has 62 heavy (non-hydrogen) atoms. The van der Waals surface area contributed by atoms with Crippen molar-refractivity contribution in [3.05, 3.63) is 177 Å². The molecule has 0 spiro atoms. The summed E-state index contributed by atoms with van der Waals surface area (Å²) >= 11 is 0. The molecule has 0 aromatic heterocycles. The molecule has 0 heterocycles. The van der Waals surface area contributed by atoms with E-state index in [0.29, 0.717) is 63.2 Å². The number of hydrogen-bond donors (Lipinski definition) is 2. The zero-order chi connectivity index (χ0) is 43.3. The summed E-state index contributed by atoms with van der Waals surface area (Å²) in [6.07, 6.45) is 5.10. The molecule has 6 aromatic carbocycles. The van der Waals surface area contributed by atoms with Crippen molar-refractivity contribution in [2.45, 2.75) is 79.1 Å². The maximum absolute atomic E-state index is 14.1. The van der Waals surface area contributed by atoms with E-state index in [1.165, 1.54) is 0 Å². The van der Waals surface area contributed by atoms with Gasteiger partial charge in [-0.1, -0.05) is 100 Å². The normalized spacial score (nSPS) is 11.9. The van der Waals surface area contributed by atoms with Crippen LogP contribution in [0.4, 0.5) is 11.4 Å². The molecule has 0 saturated carbocycles. The molecule has 1 aliphatic carbocycles. The summed E-state index contributed by atoms with van der Waals surface area (Å²) in [5.41, 5.74) is 9.96. The molecule has 2 amide bonds. The predicted octanol–water partition coefficient (Wildman–Crippen LogP) is 12.0. The quantitative estimate of drug-likeness (QED) is 0.101. The second-order valence-corrected chi connectivity index (χ2v) is 15.8. The lowest BCUT2D eigenvalue weighted by Crippen LogP contribution is -2.15. The highest BCUT2D eigenvalue weighted by Crippen LogP contribution is 2.40. The van der Waals surface area contributed by atoms with Gasteiger partial charge in [-0.3, -0.25) is 9.59 Å². The lowest BCUT2D eigenvalue weighted by molar-refractivity contribution is 0.101. The van der Waals surface area contributed by atoms with E-state index in [-0.39, 0.29) is 11.8 Å². The van der Waals surface area contributed by atoms with Crippen LogP contribution in [0.25, 0.3) is 0 Å². The summed E-state index contributed by atoms with van der Waals surface area (Å²) in [7, 11) is 0. The van der Waals surface area contributed by atoms with Crippen LogP contribution in [0.1, 0.15) is 119 Å². The molecule has 0 saturated heterocycles. The Balaban J connectivity index is 1.47. The van der Waals surface area contributed by atoms with Gasteiger partial charge in [-0.2, -0.15) is 0 Å². The van der Waals surface area contributed by atoms with E-state index in [1.807, 2.05) is 84.9 Å². The van der Waals surface area contributed by atoms with Gasteiger partial charge < -0.3 is 29.6 Å². The molecule has 8 nitrogen and oxygen atoms in total. The number of carbonyl (C=O) groups is 2. The van der Waals surface area contributed by atoms with Crippen LogP contribution in [0.15, 0.2) is 121 Å². The Labute approximate surface area is 366 Å². The van der Waals surface area contributed by atoms with Crippen LogP contribution in [-0.4, -0.2) is 38.2 Å². The smallest absolute Gasteiger partial charge is 0.255 e. The predicted molar refractivity (Wildman–Crippen MR) is 249 cm³/mol. The summed E-state index contributed by atoms with van der Waals surface area (Å²) in [5, 5.41) is 6.23. The van der Waals surface area contributed by atoms with Gasteiger partial charge in [-0.05, 0) is 119 Å². The number of carbonyl (C=O) groups excluding carboxylic acids is 2. The zero-order valence-electron chi connectivity index (χ0n) is 36.5. The van der Waals surface area contributed by atoms with Crippen molar-refractivity contribution in [1.82, 2.24) is 0 Å². The van der Waals surface area contributed by atoms with E-state index in [9.17, 15) is 9.59 Å². The van der Waals surface area contributed by atoms with Crippen LogP contribution in [0.5, 0.6) is 23.0 Å². The van der Waals surface area contributed by atoms with Crippen LogP contribution in [0, 0.1) is 0 Å². The van der Waals surface area contributed by atoms with Gasteiger partial charge in [0.2, 0.25) is 0 Å². The average Bonchev–Trinajstić information content (AvgIpc) is 3.28. The van der Waals surface area contributed by atoms with Gasteiger partial charge in [-0.15, -0.1) is 0 Å². The first-order valence-electron chi connectivity index (χ1n) is 22.2. The number of hydrogen-bond acceptors (Lipinski definition) is 6. The van der Waals surface area contributed by atoms with E-state index in [4.69, 9.17) is 18.9 Å². The highest BCUT2D eigenvalue weighted by molar-refractivity contribution is 6.05. The lowest BCUT2D eigenvalue weighted by atomic mass is 9.89. The summed E-state index contributed by atoms with van der Waals surface area (Å²) in [4.78, 5) is 28.3. The van der Waals surface area contributed by atoms with E-state index in [1.54, 1.807) is 0 Å². The number of ether oxygens (including phenoxy) is 4. The fraction of sp³-hybridized carbons (Fsp3) is 0.296. The van der Waals surface area contributed by atoms with Crippen molar-refractivity contribution >= 4 is 23.2 Å². The fourth-order valence-electron chi connectivity index (χ4n) is 7.96. The summed E-state index contributed by atoms with van der Waals surface area (Å²) in [6, 6.07) is 39.5. The Kier molecular flexibility index (Phi) is 15.0. The van der Waals surface area contributed by atoms with Gasteiger partial charge in [0.1, 0.15) is 23.0 Å². The number of fused-ring (bicyclic) bond motifs is 8. The van der Waals surface area contributed by atoms with Gasteiger partial charge >= 0.3 is 0 Å². The number of amides is 2. The van der Waals surface area contributed by atoms with Crippen molar-refractivity contribution in [3.8, 4) is 23.0 Å². The standard InChI is InChI=1S/C54H58N2O6/c1-5-25-59-49-37-17-15-18-38(49)30-42-34-46(54(58)56-48-23-13-10-14-24-48)36-44(52(42)62-28-8-4)32-40-20-16-19-39(50(40)60-26-6-2)31-43-35-45(33-41(29-37)51(43)61-27-7-3)53(57)55-47-21-11-9-12-22-47/h9-24,33-36H,5-8,25-32H2,1-4H3,(H,55,57)(H,56,58). The molecule has 0 fully saturated rings. The van der Waals surface area contributed by atoms with Crippen LogP contribution >= 0.6 is 0 Å². The molecule has 7 rings (SSSR count). The summed E-state index contributed by atoms with van der Waals surface area (Å²) in [5.74, 6) is 2.70. The molecule has 2 N–H and O–H groups in total. The first kappa shape index (κ1) is 43.5. The third-order valence-corrected chi connectivity index (χ3v) is 10.8. The molecule has 6 aromatic rings. The Hall–Kier alpha value is -6.54. The molecule has 0 aliphatic heterocycles. The van der Waals surface area contributed by atoms with Gasteiger partial charge in [-0.25, -0.2) is 0 Å². The van der Waals surface area contributed by atoms with Crippen LogP contribution in [-0.2, 0) is 25.7 Å². The Morgan fingerprint density at radius 3 is 0.935 bits per heavy atom. The molecular formula is C54H58N2O6. The topological polar surface area (TPSA) is 95.1 Å². The first-order chi connectivity index (χ1) is 30.4. The largest absolute Gasteiger partial charge is 0.493 e. The summed E-state index contributed by atoms with van der Waals surface area (Å²) < 4.78 is 26.8. The third-order valence-electron chi connectivity index (χ3n) is 10.8. The average molecular weight is 831 g/mol. The van der Waals surface area contributed by atoms with Crippen LogP contribution < -0.4 is 29.6 Å². The molecule has 8 heteroatoms. The van der Waals surface area contributed by atoms with Crippen molar-refractivity contribution in [3.63, 3.8) is 0 Å². The van der Waals surface area contributed by atoms with Gasteiger partial charge in [0.15, 0.2) is 0 Å². The maximum atomic E-state index is 14.1. The monoisotopic (exact) mass is 830 g/mol. The fourth-order valence-corrected chi connectivity index (χ4v) is 7.96. The molecular weight excluding hydrogens is 773 g/mol. The Bertz CT molecular complexity index is 2200. The molecule has 0 atom stereocenters. The number of benzene rings is 6. The van der Waals surface area contributed by atoms with Crippen LogP contribution in [0.3, 0.4) is 0 Å². The van der Waals surface area contributed by atoms with Gasteiger partial charge in [0, 0.05) is 48.2 Å².